The van der Waals surface area contributed by atoms with Crippen molar-refractivity contribution < 1.29 is 8.42 Å². The summed E-state index contributed by atoms with van der Waals surface area (Å²) in [5, 5.41) is 9.72. The third-order valence-electron chi connectivity index (χ3n) is 4.77. The van der Waals surface area contributed by atoms with Crippen LogP contribution in [0, 0.1) is 13.8 Å². The number of para-hydroxylation sites is 1. The smallest absolute Gasteiger partial charge is 0.265 e. The Hall–Kier alpha value is -2.52. The van der Waals surface area contributed by atoms with Crippen LogP contribution in [-0.2, 0) is 16.6 Å². The van der Waals surface area contributed by atoms with E-state index < -0.39 is 10.0 Å². The summed E-state index contributed by atoms with van der Waals surface area (Å²) in [5.41, 5.74) is 2.44. The van der Waals surface area contributed by atoms with Crippen molar-refractivity contribution in [2.45, 2.75) is 25.3 Å². The normalized spacial score (nSPS) is 11.7. The molecule has 11 heteroatoms. The van der Waals surface area contributed by atoms with E-state index >= 15 is 0 Å². The maximum atomic E-state index is 13.2. The maximum absolute atomic E-state index is 13.2. The third-order valence-corrected chi connectivity index (χ3v) is 7.38. The number of anilines is 1. The number of nitrogens with zero attached hydrogens (tertiary/aromatic N) is 4. The quantitative estimate of drug-likeness (QED) is 0.372. The van der Waals surface area contributed by atoms with Gasteiger partial charge in [-0.3, -0.25) is 9.40 Å². The van der Waals surface area contributed by atoms with E-state index in [1.165, 1.54) is 10.9 Å². The van der Waals surface area contributed by atoms with Gasteiger partial charge in [-0.25, -0.2) is 13.1 Å². The van der Waals surface area contributed by atoms with Crippen LogP contribution in [0.2, 0.25) is 15.1 Å². The number of hydrogen-bond donors (Lipinski definition) is 1. The van der Waals surface area contributed by atoms with E-state index in [1.54, 1.807) is 36.7 Å². The molecule has 0 radical (unpaired) electrons. The van der Waals surface area contributed by atoms with Gasteiger partial charge < -0.3 is 0 Å². The van der Waals surface area contributed by atoms with Crippen LogP contribution >= 0.6 is 34.8 Å². The van der Waals surface area contributed by atoms with Gasteiger partial charge in [-0.05, 0) is 43.7 Å². The van der Waals surface area contributed by atoms with E-state index in [1.807, 2.05) is 30.3 Å². The van der Waals surface area contributed by atoms with Crippen LogP contribution in [-0.4, -0.2) is 28.0 Å². The average Bonchev–Trinajstić information content (AvgIpc) is 3.23. The van der Waals surface area contributed by atoms with E-state index in [4.69, 9.17) is 34.8 Å². The van der Waals surface area contributed by atoms with E-state index in [-0.39, 0.29) is 15.7 Å². The number of rotatable bonds is 6. The molecule has 2 aromatic heterocycles. The molecule has 0 fully saturated rings. The van der Waals surface area contributed by atoms with Crippen LogP contribution in [0.25, 0.3) is 5.69 Å². The van der Waals surface area contributed by atoms with Crippen molar-refractivity contribution >= 4 is 50.6 Å². The Morgan fingerprint density at radius 3 is 2.34 bits per heavy atom. The second kappa shape index (κ2) is 8.78. The zero-order chi connectivity index (χ0) is 23.0. The molecular weight excluding hydrogens is 493 g/mol. The summed E-state index contributed by atoms with van der Waals surface area (Å²) in [7, 11) is -3.99. The minimum absolute atomic E-state index is 0.0259. The fourth-order valence-corrected chi connectivity index (χ4v) is 5.38. The largest absolute Gasteiger partial charge is 0.266 e. The van der Waals surface area contributed by atoms with E-state index in [0.29, 0.717) is 28.0 Å². The van der Waals surface area contributed by atoms with Crippen LogP contribution in [0.4, 0.5) is 5.82 Å². The summed E-state index contributed by atoms with van der Waals surface area (Å²) in [6.07, 6.45) is 1.54. The van der Waals surface area contributed by atoms with Crippen molar-refractivity contribution in [2.24, 2.45) is 0 Å². The zero-order valence-electron chi connectivity index (χ0n) is 17.1. The van der Waals surface area contributed by atoms with Gasteiger partial charge in [-0.2, -0.15) is 10.2 Å². The Kier molecular flexibility index (Phi) is 6.22. The summed E-state index contributed by atoms with van der Waals surface area (Å²) in [6, 6.07) is 14.5. The molecule has 0 aliphatic heterocycles. The first kappa shape index (κ1) is 22.7. The van der Waals surface area contributed by atoms with Gasteiger partial charge in [0, 0.05) is 6.20 Å². The van der Waals surface area contributed by atoms with Gasteiger partial charge in [-0.15, -0.1) is 0 Å². The lowest BCUT2D eigenvalue weighted by Crippen LogP contribution is -2.16. The molecule has 1 N–H and O–H groups in total. The van der Waals surface area contributed by atoms with Crippen molar-refractivity contribution in [3.8, 4) is 5.69 Å². The molecule has 0 saturated heterocycles. The van der Waals surface area contributed by atoms with Crippen molar-refractivity contribution in [2.75, 3.05) is 4.72 Å². The molecule has 0 aliphatic rings. The Bertz CT molecular complexity index is 1400. The lowest BCUT2D eigenvalue weighted by Gasteiger charge is -2.08. The first-order valence-electron chi connectivity index (χ1n) is 9.47. The zero-order valence-corrected chi connectivity index (χ0v) is 20.1. The first-order chi connectivity index (χ1) is 15.2. The molecule has 4 aromatic rings. The number of benzene rings is 2. The van der Waals surface area contributed by atoms with Crippen molar-refractivity contribution in [3.63, 3.8) is 0 Å². The third kappa shape index (κ3) is 4.49. The van der Waals surface area contributed by atoms with Gasteiger partial charge in [0.1, 0.15) is 9.92 Å². The Labute approximate surface area is 200 Å². The molecular formula is C21H18Cl3N5O2S. The Morgan fingerprint density at radius 2 is 1.66 bits per heavy atom. The highest BCUT2D eigenvalue weighted by atomic mass is 35.5. The molecule has 0 spiro atoms. The number of sulfonamides is 1. The van der Waals surface area contributed by atoms with Crippen LogP contribution < -0.4 is 4.72 Å². The molecule has 0 bridgehead atoms. The second-order valence-electron chi connectivity index (χ2n) is 7.12. The molecule has 2 heterocycles. The molecule has 32 heavy (non-hydrogen) atoms. The number of hydrogen-bond acceptors (Lipinski definition) is 4. The summed E-state index contributed by atoms with van der Waals surface area (Å²) >= 11 is 18.3. The SMILES string of the molecule is Cc1nn(-c2ccccc2)c(C)c1S(=O)(=O)Nc1nn(Cc2ccc(Cl)c(Cl)c2)cc1Cl. The molecule has 7 nitrogen and oxygen atoms in total. The van der Waals surface area contributed by atoms with Crippen LogP contribution in [0.15, 0.2) is 59.6 Å². The fourth-order valence-electron chi connectivity index (χ4n) is 3.39. The standard InChI is InChI=1S/C21H18Cl3N5O2S/c1-13-20(14(2)29(25-13)16-6-4-3-5-7-16)32(30,31)27-21-19(24)12-28(26-21)11-15-8-9-17(22)18(23)10-15/h3-10,12H,11H2,1-2H3,(H,26,27). The van der Waals surface area contributed by atoms with E-state index in [9.17, 15) is 8.42 Å². The van der Waals surface area contributed by atoms with Gasteiger partial charge in [0.2, 0.25) is 0 Å². The predicted octanol–water partition coefficient (Wildman–Crippen LogP) is 5.49. The molecule has 0 saturated carbocycles. The summed E-state index contributed by atoms with van der Waals surface area (Å²) in [5.74, 6) is 0.0259. The van der Waals surface area contributed by atoms with Crippen molar-refractivity contribution in [1.82, 2.24) is 19.6 Å². The molecule has 4 rings (SSSR count). The highest BCUT2D eigenvalue weighted by Gasteiger charge is 2.27. The highest BCUT2D eigenvalue weighted by molar-refractivity contribution is 7.92. The first-order valence-corrected chi connectivity index (χ1v) is 12.1. The monoisotopic (exact) mass is 509 g/mol. The molecule has 166 valence electrons. The van der Waals surface area contributed by atoms with Gasteiger partial charge >= 0.3 is 0 Å². The number of halogens is 3. The fraction of sp³-hybridized carbons (Fsp3) is 0.143. The number of aryl methyl sites for hydroxylation is 1. The van der Waals surface area contributed by atoms with Gasteiger partial charge in [0.15, 0.2) is 5.82 Å². The number of aromatic nitrogens is 4. The van der Waals surface area contributed by atoms with Crippen molar-refractivity contribution in [3.05, 3.63) is 86.7 Å². The lowest BCUT2D eigenvalue weighted by atomic mass is 10.2. The topological polar surface area (TPSA) is 81.8 Å². The molecule has 0 atom stereocenters. The molecule has 0 unspecified atom stereocenters. The van der Waals surface area contributed by atoms with Gasteiger partial charge in [0.25, 0.3) is 10.0 Å². The summed E-state index contributed by atoms with van der Waals surface area (Å²) in [4.78, 5) is 0.0800. The number of nitrogens with one attached hydrogen (secondary N) is 1. The second-order valence-corrected chi connectivity index (χ2v) is 9.97. The van der Waals surface area contributed by atoms with Crippen LogP contribution in [0.3, 0.4) is 0 Å². The van der Waals surface area contributed by atoms with Crippen LogP contribution in [0.5, 0.6) is 0 Å². The minimum atomic E-state index is -3.99. The van der Waals surface area contributed by atoms with Gasteiger partial charge in [-0.1, -0.05) is 59.1 Å². The van der Waals surface area contributed by atoms with Gasteiger partial charge in [0.05, 0.1) is 33.7 Å². The Balaban J connectivity index is 1.62. The molecule has 2 aromatic carbocycles. The summed E-state index contributed by atoms with van der Waals surface area (Å²) in [6.45, 7) is 3.68. The average molecular weight is 511 g/mol. The van der Waals surface area contributed by atoms with Crippen LogP contribution in [0.1, 0.15) is 17.0 Å². The molecule has 0 aliphatic carbocycles. The van der Waals surface area contributed by atoms with Crippen molar-refractivity contribution in [1.29, 1.82) is 0 Å². The Morgan fingerprint density at radius 1 is 0.938 bits per heavy atom. The lowest BCUT2D eigenvalue weighted by molar-refractivity contribution is 0.599. The highest BCUT2D eigenvalue weighted by Crippen LogP contribution is 2.28. The van der Waals surface area contributed by atoms with E-state index in [0.717, 1.165) is 11.3 Å². The summed E-state index contributed by atoms with van der Waals surface area (Å²) < 4.78 is 32.0. The maximum Gasteiger partial charge on any atom is 0.266 e. The molecule has 0 amide bonds. The predicted molar refractivity (Wildman–Crippen MR) is 127 cm³/mol. The van der Waals surface area contributed by atoms with E-state index in [2.05, 4.69) is 14.9 Å². The minimum Gasteiger partial charge on any atom is -0.265 e.